The van der Waals surface area contributed by atoms with Crippen molar-refractivity contribution in [1.82, 2.24) is 0 Å². The Morgan fingerprint density at radius 3 is 2.91 bits per heavy atom. The number of ether oxygens (including phenoxy) is 1. The van der Waals surface area contributed by atoms with Gasteiger partial charge in [-0.15, -0.1) is 0 Å². The van der Waals surface area contributed by atoms with Crippen molar-refractivity contribution >= 4 is 5.69 Å². The van der Waals surface area contributed by atoms with E-state index in [1.807, 2.05) is 6.07 Å². The summed E-state index contributed by atoms with van der Waals surface area (Å²) in [7, 11) is 0. The van der Waals surface area contributed by atoms with E-state index < -0.39 is 5.72 Å². The predicted octanol–water partition coefficient (Wildman–Crippen LogP) is 3.21. The van der Waals surface area contributed by atoms with Crippen molar-refractivity contribution in [2.24, 2.45) is 0 Å². The van der Waals surface area contributed by atoms with Gasteiger partial charge in [0.2, 0.25) is 11.2 Å². The molecule has 0 amide bonds. The highest BCUT2D eigenvalue weighted by Crippen LogP contribution is 2.59. The van der Waals surface area contributed by atoms with E-state index in [0.717, 1.165) is 31.4 Å². The molecule has 1 aliphatic carbocycles. The zero-order valence-corrected chi connectivity index (χ0v) is 12.2. The monoisotopic (exact) mass is 295 g/mol. The molecule has 0 bridgehead atoms. The molecule has 112 valence electrons. The summed E-state index contributed by atoms with van der Waals surface area (Å²) < 4.78 is 12.0. The van der Waals surface area contributed by atoms with E-state index >= 15 is 0 Å². The summed E-state index contributed by atoms with van der Waals surface area (Å²) in [6, 6.07) is 9.85. The molecule has 1 saturated carbocycles. The van der Waals surface area contributed by atoms with E-state index in [9.17, 15) is 4.79 Å². The third kappa shape index (κ3) is 1.31. The fourth-order valence-corrected chi connectivity index (χ4v) is 4.63. The number of rotatable bonds is 0. The number of para-hydroxylation sites is 1. The van der Waals surface area contributed by atoms with Crippen LogP contribution in [-0.2, 0) is 11.8 Å². The highest BCUT2D eigenvalue weighted by Gasteiger charge is 2.63. The smallest absolute Gasteiger partial charge is 0.227 e. The van der Waals surface area contributed by atoms with Crippen molar-refractivity contribution in [3.63, 3.8) is 0 Å². The van der Waals surface area contributed by atoms with E-state index in [4.69, 9.17) is 9.15 Å². The predicted molar refractivity (Wildman–Crippen MR) is 82.3 cm³/mol. The fraction of sp³-hybridized carbons (Fsp3) is 0.389. The van der Waals surface area contributed by atoms with E-state index in [2.05, 4.69) is 23.5 Å². The molecular weight excluding hydrogens is 278 g/mol. The zero-order valence-electron chi connectivity index (χ0n) is 12.2. The summed E-state index contributed by atoms with van der Waals surface area (Å²) in [6.45, 7) is 0. The van der Waals surface area contributed by atoms with Crippen LogP contribution in [0, 0.1) is 0 Å². The summed E-state index contributed by atoms with van der Waals surface area (Å²) in [5.41, 5.74) is 1.70. The first kappa shape index (κ1) is 12.3. The van der Waals surface area contributed by atoms with Gasteiger partial charge in [-0.1, -0.05) is 24.6 Å². The third-order valence-electron chi connectivity index (χ3n) is 5.58. The molecule has 0 radical (unpaired) electrons. The van der Waals surface area contributed by atoms with Crippen LogP contribution in [0.15, 0.2) is 45.8 Å². The lowest BCUT2D eigenvalue weighted by molar-refractivity contribution is -0.0372. The Balaban J connectivity index is 1.79. The van der Waals surface area contributed by atoms with E-state index in [-0.39, 0.29) is 10.8 Å². The van der Waals surface area contributed by atoms with Gasteiger partial charge in [0.1, 0.15) is 0 Å². The molecule has 3 aliphatic rings. The van der Waals surface area contributed by atoms with Gasteiger partial charge in [0.05, 0.1) is 11.7 Å². The van der Waals surface area contributed by atoms with Crippen LogP contribution < -0.4 is 15.5 Å². The topological polar surface area (TPSA) is 51.5 Å². The lowest BCUT2D eigenvalue weighted by atomic mass is 9.62. The molecular formula is C18H17NO3. The summed E-state index contributed by atoms with van der Waals surface area (Å²) in [5, 5.41) is 3.61. The lowest BCUT2D eigenvalue weighted by Crippen LogP contribution is -2.62. The van der Waals surface area contributed by atoms with E-state index in [0.29, 0.717) is 11.5 Å². The molecule has 5 rings (SSSR count). The maximum atomic E-state index is 12.2. The summed E-state index contributed by atoms with van der Waals surface area (Å²) in [4.78, 5) is 12.2. The number of hydrogen-bond donors (Lipinski definition) is 1. The molecule has 1 N–H and O–H groups in total. The molecule has 2 aliphatic heterocycles. The van der Waals surface area contributed by atoms with Crippen LogP contribution in [0.4, 0.5) is 5.69 Å². The maximum absolute atomic E-state index is 12.2. The highest BCUT2D eigenvalue weighted by molar-refractivity contribution is 5.66. The average Bonchev–Trinajstić information content (AvgIpc) is 2.83. The Morgan fingerprint density at radius 2 is 1.95 bits per heavy atom. The molecule has 0 saturated heterocycles. The van der Waals surface area contributed by atoms with Gasteiger partial charge < -0.3 is 14.5 Å². The largest absolute Gasteiger partial charge is 0.465 e. The molecule has 2 atom stereocenters. The first-order chi connectivity index (χ1) is 10.7. The molecule has 22 heavy (non-hydrogen) atoms. The highest BCUT2D eigenvalue weighted by atomic mass is 16.5. The first-order valence-corrected chi connectivity index (χ1v) is 7.92. The van der Waals surface area contributed by atoms with Crippen LogP contribution in [0.1, 0.15) is 37.0 Å². The normalized spacial score (nSPS) is 31.1. The number of anilines is 1. The van der Waals surface area contributed by atoms with E-state index in [1.165, 1.54) is 24.3 Å². The Hall–Kier alpha value is -2.23. The van der Waals surface area contributed by atoms with Crippen LogP contribution in [0.3, 0.4) is 0 Å². The second kappa shape index (κ2) is 3.94. The van der Waals surface area contributed by atoms with Gasteiger partial charge in [-0.05, 0) is 24.5 Å². The molecule has 0 unspecified atom stereocenters. The van der Waals surface area contributed by atoms with Crippen LogP contribution in [0.25, 0.3) is 0 Å². The minimum absolute atomic E-state index is 0.0902. The van der Waals surface area contributed by atoms with Crippen molar-refractivity contribution in [2.45, 2.75) is 43.2 Å². The molecule has 1 aromatic carbocycles. The quantitative estimate of drug-likeness (QED) is 0.811. The van der Waals surface area contributed by atoms with E-state index in [1.54, 1.807) is 0 Å². The molecule has 2 aromatic rings. The van der Waals surface area contributed by atoms with Gasteiger partial charge in [-0.25, -0.2) is 0 Å². The lowest BCUT2D eigenvalue weighted by Gasteiger charge is -2.51. The van der Waals surface area contributed by atoms with Gasteiger partial charge >= 0.3 is 0 Å². The minimum atomic E-state index is -0.502. The van der Waals surface area contributed by atoms with Crippen molar-refractivity contribution < 1.29 is 9.15 Å². The van der Waals surface area contributed by atoms with Gasteiger partial charge in [0, 0.05) is 24.6 Å². The van der Waals surface area contributed by atoms with Crippen LogP contribution >= 0.6 is 0 Å². The molecule has 1 aromatic heterocycles. The van der Waals surface area contributed by atoms with Gasteiger partial charge in [0.25, 0.3) is 0 Å². The number of hydrogen-bond acceptors (Lipinski definition) is 4. The van der Waals surface area contributed by atoms with Crippen LogP contribution in [0.5, 0.6) is 5.75 Å². The third-order valence-corrected chi connectivity index (χ3v) is 5.58. The summed E-state index contributed by atoms with van der Waals surface area (Å²) in [5.74, 6) is 1.07. The van der Waals surface area contributed by atoms with Crippen LogP contribution in [-0.4, -0.2) is 5.72 Å². The minimum Gasteiger partial charge on any atom is -0.465 e. The van der Waals surface area contributed by atoms with Gasteiger partial charge in [0.15, 0.2) is 11.5 Å². The maximum Gasteiger partial charge on any atom is 0.227 e. The van der Waals surface area contributed by atoms with Gasteiger partial charge in [-0.2, -0.15) is 0 Å². The second-order valence-electron chi connectivity index (χ2n) is 6.60. The number of fused-ring (bicyclic) bond motifs is 2. The molecule has 4 nitrogen and oxygen atoms in total. The van der Waals surface area contributed by atoms with Crippen molar-refractivity contribution in [2.75, 3.05) is 5.32 Å². The molecule has 4 heteroatoms. The SMILES string of the molecule is O=c1ccoc2c1O[C@@]13CCCC[C@]1(C2)c1ccccc1N3. The van der Waals surface area contributed by atoms with Crippen molar-refractivity contribution in [1.29, 1.82) is 0 Å². The number of nitrogens with one attached hydrogen (secondary N) is 1. The molecule has 3 heterocycles. The number of benzene rings is 1. The Morgan fingerprint density at radius 1 is 1.09 bits per heavy atom. The van der Waals surface area contributed by atoms with Gasteiger partial charge in [-0.3, -0.25) is 4.79 Å². The average molecular weight is 295 g/mol. The molecule has 1 fully saturated rings. The molecule has 0 spiro atoms. The Labute approximate surface area is 128 Å². The summed E-state index contributed by atoms with van der Waals surface area (Å²) in [6.07, 6.45) is 6.45. The standard InChI is InChI=1S/C18H17NO3/c20-14-7-10-21-15-11-17-8-3-4-9-18(17,22-16(14)15)19-13-6-2-1-5-12(13)17/h1-2,5-7,10,19H,3-4,8-9,11H2/t17-,18-/m0/s1. The summed E-state index contributed by atoms with van der Waals surface area (Å²) >= 11 is 0. The first-order valence-electron chi connectivity index (χ1n) is 7.92. The Kier molecular flexibility index (Phi) is 2.21. The van der Waals surface area contributed by atoms with Crippen LogP contribution in [0.2, 0.25) is 0 Å². The fourth-order valence-electron chi connectivity index (χ4n) is 4.63. The zero-order chi connectivity index (χ0) is 14.8. The Bertz CT molecular complexity index is 827. The van der Waals surface area contributed by atoms with Crippen molar-refractivity contribution in [3.8, 4) is 5.75 Å². The van der Waals surface area contributed by atoms with Crippen molar-refractivity contribution in [3.05, 3.63) is 58.1 Å². The second-order valence-corrected chi connectivity index (χ2v) is 6.60.